The summed E-state index contributed by atoms with van der Waals surface area (Å²) in [5.41, 5.74) is 5.49. The number of aryl methyl sites for hydroxylation is 3. The van der Waals surface area contributed by atoms with Gasteiger partial charge in [0.2, 0.25) is 0 Å². The monoisotopic (exact) mass is 386 g/mol. The number of imidazole rings is 1. The van der Waals surface area contributed by atoms with E-state index in [1.807, 2.05) is 24.7 Å². The van der Waals surface area contributed by atoms with Gasteiger partial charge in [-0.2, -0.15) is 0 Å². The minimum atomic E-state index is -2.19. The molecule has 3 rings (SSSR count). The summed E-state index contributed by atoms with van der Waals surface area (Å²) >= 11 is -2.19. The van der Waals surface area contributed by atoms with Crippen LogP contribution in [-0.2, 0) is 31.2 Å². The maximum Gasteiger partial charge on any atom is 0.134 e. The summed E-state index contributed by atoms with van der Waals surface area (Å²) in [5.74, 6) is 0.871. The molecule has 7 nitrogen and oxygen atoms in total. The molecular weight excluding hydrogens is 362 g/mol. The number of benzene rings is 1. The van der Waals surface area contributed by atoms with Crippen molar-refractivity contribution in [1.29, 1.82) is 0 Å². The Labute approximate surface area is 161 Å². The molecule has 0 saturated heterocycles. The van der Waals surface area contributed by atoms with Gasteiger partial charge in [-0.1, -0.05) is 19.1 Å². The fourth-order valence-corrected chi connectivity index (χ4v) is 3.49. The summed E-state index contributed by atoms with van der Waals surface area (Å²) in [6, 6.07) is 8.46. The Morgan fingerprint density at radius 2 is 2.11 bits per heavy atom. The zero-order valence-corrected chi connectivity index (χ0v) is 16.6. The summed E-state index contributed by atoms with van der Waals surface area (Å²) < 4.78 is 25.4. The van der Waals surface area contributed by atoms with Crippen LogP contribution in [0.25, 0.3) is 11.0 Å². The average Bonchev–Trinajstić information content (AvgIpc) is 3.04. The van der Waals surface area contributed by atoms with E-state index in [1.54, 1.807) is 12.5 Å². The molecule has 1 N–H and O–H groups in total. The molecule has 1 atom stereocenters. The average molecular weight is 387 g/mol. The Morgan fingerprint density at radius 3 is 2.85 bits per heavy atom. The molecule has 0 aliphatic rings. The van der Waals surface area contributed by atoms with Gasteiger partial charge in [0.25, 0.3) is 0 Å². The molecule has 0 saturated carbocycles. The van der Waals surface area contributed by atoms with Crippen molar-refractivity contribution in [3.8, 4) is 0 Å². The van der Waals surface area contributed by atoms with E-state index in [-0.39, 0.29) is 0 Å². The SMILES string of the molecule is CCc1cc(CCCNS(=O)[O-])ccc1N(C)c1cc2c(cn1)ncn2C. The van der Waals surface area contributed by atoms with Crippen LogP contribution in [0.4, 0.5) is 11.5 Å². The second kappa shape index (κ2) is 8.60. The Hall–Kier alpha value is -2.29. The first-order valence-corrected chi connectivity index (χ1v) is 10.0. The van der Waals surface area contributed by atoms with E-state index < -0.39 is 11.3 Å². The number of anilines is 2. The van der Waals surface area contributed by atoms with Crippen LogP contribution in [0.15, 0.2) is 36.8 Å². The van der Waals surface area contributed by atoms with Crippen LogP contribution in [0, 0.1) is 0 Å². The molecule has 0 aliphatic carbocycles. The number of rotatable bonds is 8. The molecule has 2 heterocycles. The third-order valence-electron chi connectivity index (χ3n) is 4.69. The molecule has 0 amide bonds. The Bertz CT molecular complexity index is 956. The highest BCUT2D eigenvalue weighted by Gasteiger charge is 2.12. The molecule has 0 radical (unpaired) electrons. The summed E-state index contributed by atoms with van der Waals surface area (Å²) in [5, 5.41) is 0. The molecule has 0 fully saturated rings. The minimum absolute atomic E-state index is 0.452. The number of hydrogen-bond donors (Lipinski definition) is 1. The number of pyridine rings is 1. The lowest BCUT2D eigenvalue weighted by atomic mass is 10.0. The topological polar surface area (TPSA) is 86.1 Å². The van der Waals surface area contributed by atoms with Crippen molar-refractivity contribution < 1.29 is 8.76 Å². The first-order chi connectivity index (χ1) is 13.0. The van der Waals surface area contributed by atoms with Gasteiger partial charge in [-0.15, -0.1) is 0 Å². The third kappa shape index (κ3) is 4.52. The van der Waals surface area contributed by atoms with Crippen molar-refractivity contribution in [2.45, 2.75) is 26.2 Å². The van der Waals surface area contributed by atoms with E-state index in [4.69, 9.17) is 0 Å². The molecule has 1 unspecified atom stereocenters. The Balaban J connectivity index is 1.79. The molecular formula is C19H24N5O2S-. The maximum atomic E-state index is 10.5. The van der Waals surface area contributed by atoms with Crippen LogP contribution < -0.4 is 9.62 Å². The summed E-state index contributed by atoms with van der Waals surface area (Å²) in [7, 11) is 3.99. The van der Waals surface area contributed by atoms with Gasteiger partial charge < -0.3 is 14.0 Å². The van der Waals surface area contributed by atoms with Crippen LogP contribution >= 0.6 is 0 Å². The predicted molar refractivity (Wildman–Crippen MR) is 108 cm³/mol. The molecule has 2 aromatic heterocycles. The standard InChI is InChI=1S/C19H25N5O2S/c1-4-15-10-14(6-5-9-22-27(25)26)7-8-17(15)24(3)19-11-18-16(12-20-19)21-13-23(18)2/h7-8,10-13,22H,4-6,9H2,1-3H3,(H,25,26)/p-1. The zero-order valence-electron chi connectivity index (χ0n) is 15.8. The van der Waals surface area contributed by atoms with Crippen LogP contribution in [-0.4, -0.2) is 36.9 Å². The van der Waals surface area contributed by atoms with Gasteiger partial charge in [0.05, 0.1) is 18.0 Å². The lowest BCUT2D eigenvalue weighted by Gasteiger charge is -2.22. The fourth-order valence-electron chi connectivity index (χ4n) is 3.18. The van der Waals surface area contributed by atoms with Gasteiger partial charge in [0, 0.05) is 43.7 Å². The Morgan fingerprint density at radius 1 is 1.30 bits per heavy atom. The second-order valence-electron chi connectivity index (χ2n) is 6.49. The number of hydrogen-bond acceptors (Lipinski definition) is 5. The van der Waals surface area contributed by atoms with Gasteiger partial charge in [0.1, 0.15) is 11.3 Å². The van der Waals surface area contributed by atoms with Crippen LogP contribution in [0.2, 0.25) is 0 Å². The van der Waals surface area contributed by atoms with Crippen molar-refractivity contribution in [3.63, 3.8) is 0 Å². The van der Waals surface area contributed by atoms with E-state index >= 15 is 0 Å². The van der Waals surface area contributed by atoms with E-state index in [1.165, 1.54) is 11.1 Å². The number of nitrogens with zero attached hydrogens (tertiary/aromatic N) is 4. The highest BCUT2D eigenvalue weighted by Crippen LogP contribution is 2.29. The second-order valence-corrected chi connectivity index (χ2v) is 7.25. The van der Waals surface area contributed by atoms with E-state index in [9.17, 15) is 8.76 Å². The molecule has 27 heavy (non-hydrogen) atoms. The van der Waals surface area contributed by atoms with Crippen molar-refractivity contribution in [2.24, 2.45) is 7.05 Å². The number of fused-ring (bicyclic) bond motifs is 1. The molecule has 0 aliphatic heterocycles. The quantitative estimate of drug-likeness (QED) is 0.475. The van der Waals surface area contributed by atoms with Gasteiger partial charge in [-0.25, -0.2) is 14.7 Å². The third-order valence-corrected chi connectivity index (χ3v) is 5.13. The van der Waals surface area contributed by atoms with Gasteiger partial charge in [-0.3, -0.25) is 4.21 Å². The summed E-state index contributed by atoms with van der Waals surface area (Å²) in [6.07, 6.45) is 6.10. The minimum Gasteiger partial charge on any atom is -0.760 e. The largest absolute Gasteiger partial charge is 0.760 e. The van der Waals surface area contributed by atoms with Crippen LogP contribution in [0.1, 0.15) is 24.5 Å². The fraction of sp³-hybridized carbons (Fsp3) is 0.368. The highest BCUT2D eigenvalue weighted by atomic mass is 32.2. The first kappa shape index (κ1) is 19.5. The van der Waals surface area contributed by atoms with Gasteiger partial charge in [-0.05, 0) is 36.5 Å². The van der Waals surface area contributed by atoms with Crippen LogP contribution in [0.3, 0.4) is 0 Å². The highest BCUT2D eigenvalue weighted by molar-refractivity contribution is 7.77. The Kier molecular flexibility index (Phi) is 6.20. The molecule has 144 valence electrons. The normalized spacial score (nSPS) is 12.4. The summed E-state index contributed by atoms with van der Waals surface area (Å²) in [4.78, 5) is 11.0. The molecule has 1 aromatic carbocycles. The van der Waals surface area contributed by atoms with E-state index in [0.717, 1.165) is 41.8 Å². The predicted octanol–water partition coefficient (Wildman–Crippen LogP) is 2.61. The van der Waals surface area contributed by atoms with E-state index in [2.05, 4.69) is 44.7 Å². The molecule has 0 bridgehead atoms. The smallest absolute Gasteiger partial charge is 0.134 e. The first-order valence-electron chi connectivity index (χ1n) is 8.95. The summed E-state index contributed by atoms with van der Waals surface area (Å²) in [6.45, 7) is 2.59. The lowest BCUT2D eigenvalue weighted by Crippen LogP contribution is -2.18. The van der Waals surface area contributed by atoms with Crippen molar-refractivity contribution in [2.75, 3.05) is 18.5 Å². The zero-order chi connectivity index (χ0) is 19.4. The van der Waals surface area contributed by atoms with Gasteiger partial charge >= 0.3 is 0 Å². The van der Waals surface area contributed by atoms with Crippen LogP contribution in [0.5, 0.6) is 0 Å². The van der Waals surface area contributed by atoms with E-state index in [0.29, 0.717) is 6.54 Å². The molecule has 8 heteroatoms. The van der Waals surface area contributed by atoms with Crippen molar-refractivity contribution >= 4 is 33.8 Å². The van der Waals surface area contributed by atoms with Crippen molar-refractivity contribution in [3.05, 3.63) is 47.9 Å². The molecule has 0 spiro atoms. The molecule has 3 aromatic rings. The van der Waals surface area contributed by atoms with Gasteiger partial charge in [0.15, 0.2) is 0 Å². The lowest BCUT2D eigenvalue weighted by molar-refractivity contribution is 0.521. The number of nitrogens with one attached hydrogen (secondary N) is 1. The van der Waals surface area contributed by atoms with Crippen molar-refractivity contribution in [1.82, 2.24) is 19.3 Å². The number of aromatic nitrogens is 3. The maximum absolute atomic E-state index is 10.5.